The Bertz CT molecular complexity index is 1200. The minimum atomic E-state index is -3.20. The maximum Gasteiger partial charge on any atom is 0.181 e. The normalized spacial score (nSPS) is 11.0. The number of aromatic hydroxyl groups is 1. The van der Waals surface area contributed by atoms with Crippen LogP contribution in [0.15, 0.2) is 48.4 Å². The van der Waals surface area contributed by atoms with E-state index in [2.05, 4.69) is 23.4 Å². The molecule has 0 aliphatic heterocycles. The van der Waals surface area contributed by atoms with E-state index in [0.717, 1.165) is 15.7 Å². The highest BCUT2D eigenvalue weighted by atomic mass is 32.2. The van der Waals surface area contributed by atoms with Gasteiger partial charge in [-0.3, -0.25) is 0 Å². The molecular weight excluding hydrogens is 408 g/mol. The number of rotatable bonds is 7. The summed E-state index contributed by atoms with van der Waals surface area (Å²) in [5.41, 5.74) is 7.84. The molecule has 1 heterocycles. The van der Waals surface area contributed by atoms with Crippen LogP contribution in [0.2, 0.25) is 0 Å². The summed E-state index contributed by atoms with van der Waals surface area (Å²) in [4.78, 5) is 4.09. The second-order valence-corrected chi connectivity index (χ2v) is 9.39. The summed E-state index contributed by atoms with van der Waals surface area (Å²) < 4.78 is 29.2. The molecule has 0 radical (unpaired) electrons. The molecule has 150 valence electrons. The van der Waals surface area contributed by atoms with Gasteiger partial charge in [-0.05, 0) is 36.2 Å². The van der Waals surface area contributed by atoms with E-state index in [4.69, 9.17) is 10.5 Å². The summed E-state index contributed by atoms with van der Waals surface area (Å²) in [6.07, 6.45) is 0.901. The Hall–Kier alpha value is -3.02. The standard InChI is InChI=1S/C21H20N2O4S2/c1-2-29(25,26)11-5-10-27-17-9-4-7-15(12-17)6-3-8-16-13-18(24)20-19(14-16)28-21(22)23-20/h2,4,7,9,12-14,24H,1,5-6,10-11H2,(H2,22,23). The van der Waals surface area contributed by atoms with Crippen molar-refractivity contribution in [1.29, 1.82) is 0 Å². The number of sulfone groups is 1. The lowest BCUT2D eigenvalue weighted by Crippen LogP contribution is -2.07. The predicted molar refractivity (Wildman–Crippen MR) is 117 cm³/mol. The number of benzene rings is 2. The van der Waals surface area contributed by atoms with Crippen molar-refractivity contribution in [3.8, 4) is 23.3 Å². The van der Waals surface area contributed by atoms with Crippen LogP contribution in [0.3, 0.4) is 0 Å². The number of phenols is 1. The monoisotopic (exact) mass is 428 g/mol. The summed E-state index contributed by atoms with van der Waals surface area (Å²) in [6, 6.07) is 10.9. The molecular formula is C21H20N2O4S2. The summed E-state index contributed by atoms with van der Waals surface area (Å²) in [5, 5.41) is 11.4. The Balaban J connectivity index is 1.61. The predicted octanol–water partition coefficient (Wildman–Crippen LogP) is 3.51. The SMILES string of the molecule is C=CS(=O)(=O)CCCOc1cccc(CC#Cc2cc(O)c3nc(N)sc3c2)c1. The van der Waals surface area contributed by atoms with Crippen molar-refractivity contribution in [3.05, 3.63) is 59.5 Å². The van der Waals surface area contributed by atoms with E-state index < -0.39 is 9.84 Å². The van der Waals surface area contributed by atoms with Crippen molar-refractivity contribution >= 4 is 36.5 Å². The average Bonchev–Trinajstić information content (AvgIpc) is 3.07. The molecule has 3 rings (SSSR count). The van der Waals surface area contributed by atoms with E-state index >= 15 is 0 Å². The van der Waals surface area contributed by atoms with Crippen LogP contribution in [0.5, 0.6) is 11.5 Å². The molecule has 0 saturated carbocycles. The van der Waals surface area contributed by atoms with Crippen molar-refractivity contribution in [2.24, 2.45) is 0 Å². The first-order valence-corrected chi connectivity index (χ1v) is 11.3. The van der Waals surface area contributed by atoms with Gasteiger partial charge in [0, 0.05) is 17.4 Å². The molecule has 3 N–H and O–H groups in total. The number of thiazole rings is 1. The van der Waals surface area contributed by atoms with Crippen molar-refractivity contribution in [2.45, 2.75) is 12.8 Å². The third-order valence-electron chi connectivity index (χ3n) is 4.01. The van der Waals surface area contributed by atoms with Gasteiger partial charge >= 0.3 is 0 Å². The smallest absolute Gasteiger partial charge is 0.181 e. The van der Waals surface area contributed by atoms with Crippen molar-refractivity contribution < 1.29 is 18.3 Å². The topological polar surface area (TPSA) is 103 Å². The molecule has 0 aliphatic rings. The Labute approximate surface area is 173 Å². The molecule has 29 heavy (non-hydrogen) atoms. The number of hydrogen-bond acceptors (Lipinski definition) is 7. The molecule has 2 aromatic carbocycles. The molecule has 0 atom stereocenters. The number of nitrogens with zero attached hydrogens (tertiary/aromatic N) is 1. The van der Waals surface area contributed by atoms with Crippen LogP contribution in [0.1, 0.15) is 17.5 Å². The highest BCUT2D eigenvalue weighted by Gasteiger charge is 2.07. The third-order valence-corrected chi connectivity index (χ3v) is 6.21. The van der Waals surface area contributed by atoms with Gasteiger partial charge in [-0.1, -0.05) is 41.9 Å². The Kier molecular flexibility index (Phi) is 6.42. The number of anilines is 1. The van der Waals surface area contributed by atoms with E-state index in [1.54, 1.807) is 6.07 Å². The minimum absolute atomic E-state index is 0.0181. The zero-order chi connectivity index (χ0) is 20.9. The van der Waals surface area contributed by atoms with Crippen LogP contribution in [0.25, 0.3) is 10.2 Å². The number of nitrogens with two attached hydrogens (primary N) is 1. The molecule has 0 spiro atoms. The van der Waals surface area contributed by atoms with Crippen LogP contribution in [-0.2, 0) is 16.3 Å². The van der Waals surface area contributed by atoms with Crippen LogP contribution in [0, 0.1) is 11.8 Å². The number of nitrogen functional groups attached to an aromatic ring is 1. The lowest BCUT2D eigenvalue weighted by molar-refractivity contribution is 0.317. The number of aromatic nitrogens is 1. The molecule has 1 aromatic heterocycles. The highest BCUT2D eigenvalue weighted by molar-refractivity contribution is 7.94. The van der Waals surface area contributed by atoms with Crippen molar-refractivity contribution in [3.63, 3.8) is 0 Å². The van der Waals surface area contributed by atoms with E-state index in [-0.39, 0.29) is 11.5 Å². The molecule has 0 bridgehead atoms. The molecule has 3 aromatic rings. The van der Waals surface area contributed by atoms with Crippen LogP contribution in [0.4, 0.5) is 5.13 Å². The van der Waals surface area contributed by atoms with Crippen LogP contribution >= 0.6 is 11.3 Å². The Morgan fingerprint density at radius 2 is 2.14 bits per heavy atom. The first kappa shape index (κ1) is 20.7. The fourth-order valence-corrected chi connectivity index (χ4v) is 4.11. The van der Waals surface area contributed by atoms with Gasteiger partial charge < -0.3 is 15.6 Å². The second-order valence-electron chi connectivity index (χ2n) is 6.26. The van der Waals surface area contributed by atoms with E-state index in [1.165, 1.54) is 11.3 Å². The summed E-state index contributed by atoms with van der Waals surface area (Å²) in [7, 11) is -3.20. The zero-order valence-corrected chi connectivity index (χ0v) is 17.2. The van der Waals surface area contributed by atoms with E-state index in [1.807, 2.05) is 30.3 Å². The zero-order valence-electron chi connectivity index (χ0n) is 15.6. The van der Waals surface area contributed by atoms with E-state index in [0.29, 0.717) is 41.4 Å². The molecule has 0 unspecified atom stereocenters. The maximum atomic E-state index is 11.4. The van der Waals surface area contributed by atoms with Gasteiger partial charge in [-0.15, -0.1) is 0 Å². The van der Waals surface area contributed by atoms with Crippen LogP contribution in [-0.4, -0.2) is 30.9 Å². The van der Waals surface area contributed by atoms with Crippen molar-refractivity contribution in [1.82, 2.24) is 4.98 Å². The van der Waals surface area contributed by atoms with Gasteiger partial charge in [0.1, 0.15) is 17.0 Å². The largest absolute Gasteiger partial charge is 0.506 e. The van der Waals surface area contributed by atoms with Gasteiger partial charge in [0.15, 0.2) is 15.0 Å². The van der Waals surface area contributed by atoms with Gasteiger partial charge in [0.05, 0.1) is 17.1 Å². The first-order valence-electron chi connectivity index (χ1n) is 8.81. The lowest BCUT2D eigenvalue weighted by Gasteiger charge is -2.06. The molecule has 8 heteroatoms. The maximum absolute atomic E-state index is 11.4. The number of ether oxygens (including phenoxy) is 1. The summed E-state index contributed by atoms with van der Waals surface area (Å²) in [6.45, 7) is 3.59. The lowest BCUT2D eigenvalue weighted by atomic mass is 10.1. The minimum Gasteiger partial charge on any atom is -0.506 e. The molecule has 0 saturated heterocycles. The number of phenolic OH excluding ortho intramolecular Hbond substituents is 1. The van der Waals surface area contributed by atoms with Crippen molar-refractivity contribution in [2.75, 3.05) is 18.1 Å². The number of fused-ring (bicyclic) bond motifs is 1. The summed E-state index contributed by atoms with van der Waals surface area (Å²) >= 11 is 1.30. The second kappa shape index (κ2) is 8.99. The summed E-state index contributed by atoms with van der Waals surface area (Å²) in [5.74, 6) is 6.87. The van der Waals surface area contributed by atoms with Gasteiger partial charge in [0.25, 0.3) is 0 Å². The number of hydrogen-bond donors (Lipinski definition) is 2. The first-order chi connectivity index (χ1) is 13.9. The average molecular weight is 429 g/mol. The Morgan fingerprint density at radius 3 is 2.93 bits per heavy atom. The van der Waals surface area contributed by atoms with Gasteiger partial charge in [-0.25, -0.2) is 13.4 Å². The van der Waals surface area contributed by atoms with Gasteiger partial charge in [-0.2, -0.15) is 0 Å². The molecule has 0 amide bonds. The molecule has 0 fully saturated rings. The Morgan fingerprint density at radius 1 is 1.31 bits per heavy atom. The van der Waals surface area contributed by atoms with Crippen LogP contribution < -0.4 is 10.5 Å². The quantitative estimate of drug-likeness (QED) is 0.441. The fraction of sp³-hybridized carbons (Fsp3) is 0.190. The van der Waals surface area contributed by atoms with Gasteiger partial charge in [0.2, 0.25) is 0 Å². The molecule has 6 nitrogen and oxygen atoms in total. The fourth-order valence-electron chi connectivity index (χ4n) is 2.63. The molecule has 0 aliphatic carbocycles. The highest BCUT2D eigenvalue weighted by Crippen LogP contribution is 2.31. The third kappa shape index (κ3) is 5.73. The van der Waals surface area contributed by atoms with E-state index in [9.17, 15) is 13.5 Å².